The number of aromatic nitrogens is 2. The van der Waals surface area contributed by atoms with E-state index in [9.17, 15) is 4.79 Å². The topological polar surface area (TPSA) is 68.6 Å². The number of nitrogens with zero attached hydrogens (tertiary/aromatic N) is 3. The first-order chi connectivity index (χ1) is 13.2. The van der Waals surface area contributed by atoms with Crippen molar-refractivity contribution in [3.63, 3.8) is 0 Å². The fraction of sp³-hybridized carbons (Fsp3) is 0.500. The summed E-state index contributed by atoms with van der Waals surface area (Å²) in [5.41, 5.74) is 3.18. The summed E-state index contributed by atoms with van der Waals surface area (Å²) in [7, 11) is 1.96. The maximum Gasteiger partial charge on any atom is 0.317 e. The molecule has 0 saturated carbocycles. The second-order valence-corrected chi connectivity index (χ2v) is 7.09. The van der Waals surface area contributed by atoms with Gasteiger partial charge in [-0.15, -0.1) is 0 Å². The van der Waals surface area contributed by atoms with E-state index in [0.29, 0.717) is 26.2 Å². The molecular formula is C20H26N4O3. The highest BCUT2D eigenvalue weighted by atomic mass is 16.5. The molecule has 1 unspecified atom stereocenters. The Labute approximate surface area is 159 Å². The van der Waals surface area contributed by atoms with Crippen LogP contribution in [0.5, 0.6) is 5.75 Å². The number of urea groups is 1. The summed E-state index contributed by atoms with van der Waals surface area (Å²) >= 11 is 0. The lowest BCUT2D eigenvalue weighted by Crippen LogP contribution is -2.45. The SMILES string of the molecule is Cn1nc(COc2ccccc2)c2c1CCN(C(=O)NCC1CCCO1)C2. The number of hydrogen-bond donors (Lipinski definition) is 1. The summed E-state index contributed by atoms with van der Waals surface area (Å²) < 4.78 is 13.4. The first-order valence-electron chi connectivity index (χ1n) is 9.56. The van der Waals surface area contributed by atoms with Gasteiger partial charge in [0.1, 0.15) is 18.1 Å². The van der Waals surface area contributed by atoms with Crippen LogP contribution in [0.1, 0.15) is 29.8 Å². The standard InChI is InChI=1S/C20H26N4O3/c1-23-19-9-10-24(20(25)21-12-16-8-5-11-26-16)13-17(19)18(22-23)14-27-15-6-3-2-4-7-15/h2-4,6-7,16H,5,8-14H2,1H3,(H,21,25). The van der Waals surface area contributed by atoms with Crippen molar-refractivity contribution < 1.29 is 14.3 Å². The quantitative estimate of drug-likeness (QED) is 0.877. The molecule has 7 nitrogen and oxygen atoms in total. The summed E-state index contributed by atoms with van der Waals surface area (Å²) in [5.74, 6) is 0.818. The highest BCUT2D eigenvalue weighted by Crippen LogP contribution is 2.23. The predicted molar refractivity (Wildman–Crippen MR) is 100 cm³/mol. The number of carbonyl (C=O) groups excluding carboxylic acids is 1. The Kier molecular flexibility index (Phi) is 5.29. The van der Waals surface area contributed by atoms with Gasteiger partial charge >= 0.3 is 6.03 Å². The van der Waals surface area contributed by atoms with E-state index in [1.165, 1.54) is 5.69 Å². The Hall–Kier alpha value is -2.54. The molecule has 144 valence electrons. The minimum absolute atomic E-state index is 0.0325. The maximum atomic E-state index is 12.6. The van der Waals surface area contributed by atoms with Crippen LogP contribution < -0.4 is 10.1 Å². The van der Waals surface area contributed by atoms with Crippen molar-refractivity contribution in [3.05, 3.63) is 47.3 Å². The number of para-hydroxylation sites is 1. The zero-order valence-electron chi connectivity index (χ0n) is 15.7. The molecule has 1 aromatic carbocycles. The Balaban J connectivity index is 1.39. The first kappa shape index (κ1) is 17.9. The minimum atomic E-state index is -0.0325. The molecule has 1 saturated heterocycles. The molecule has 1 N–H and O–H groups in total. The summed E-state index contributed by atoms with van der Waals surface area (Å²) in [5, 5.41) is 7.64. The van der Waals surface area contributed by atoms with E-state index in [1.807, 2.05) is 47.0 Å². The van der Waals surface area contributed by atoms with Gasteiger partial charge in [-0.25, -0.2) is 4.79 Å². The van der Waals surface area contributed by atoms with E-state index in [4.69, 9.17) is 9.47 Å². The number of rotatable bonds is 5. The third kappa shape index (κ3) is 4.08. The number of carbonyl (C=O) groups is 1. The second-order valence-electron chi connectivity index (χ2n) is 7.09. The third-order valence-corrected chi connectivity index (χ3v) is 5.24. The van der Waals surface area contributed by atoms with E-state index in [-0.39, 0.29) is 12.1 Å². The number of nitrogens with one attached hydrogen (secondary N) is 1. The Morgan fingerprint density at radius 3 is 3.00 bits per heavy atom. The molecule has 2 aliphatic heterocycles. The van der Waals surface area contributed by atoms with Gasteiger partial charge in [-0.2, -0.15) is 5.10 Å². The van der Waals surface area contributed by atoms with Crippen molar-refractivity contribution in [1.82, 2.24) is 20.0 Å². The summed E-state index contributed by atoms with van der Waals surface area (Å²) in [4.78, 5) is 14.4. The zero-order valence-corrected chi connectivity index (χ0v) is 15.7. The van der Waals surface area contributed by atoms with Gasteiger partial charge < -0.3 is 19.7 Å². The van der Waals surface area contributed by atoms with Crippen LogP contribution in [0, 0.1) is 0 Å². The lowest BCUT2D eigenvalue weighted by Gasteiger charge is -2.28. The number of aryl methyl sites for hydroxylation is 1. The van der Waals surface area contributed by atoms with Gasteiger partial charge in [-0.05, 0) is 25.0 Å². The van der Waals surface area contributed by atoms with Gasteiger partial charge in [0.2, 0.25) is 0 Å². The smallest absolute Gasteiger partial charge is 0.317 e. The number of ether oxygens (including phenoxy) is 2. The zero-order chi connectivity index (χ0) is 18.6. The van der Waals surface area contributed by atoms with Gasteiger partial charge in [-0.3, -0.25) is 4.68 Å². The van der Waals surface area contributed by atoms with Gasteiger partial charge in [0, 0.05) is 44.4 Å². The lowest BCUT2D eigenvalue weighted by atomic mass is 10.1. The van der Waals surface area contributed by atoms with E-state index < -0.39 is 0 Å². The molecule has 4 rings (SSSR count). The van der Waals surface area contributed by atoms with E-state index >= 15 is 0 Å². The molecule has 27 heavy (non-hydrogen) atoms. The Morgan fingerprint density at radius 1 is 1.37 bits per heavy atom. The molecule has 1 aromatic heterocycles. The molecule has 0 radical (unpaired) electrons. The average molecular weight is 370 g/mol. The monoisotopic (exact) mass is 370 g/mol. The second kappa shape index (κ2) is 8.00. The molecule has 0 bridgehead atoms. The minimum Gasteiger partial charge on any atom is -0.487 e. The Bertz CT molecular complexity index is 784. The van der Waals surface area contributed by atoms with Gasteiger partial charge in [0.05, 0.1) is 12.6 Å². The van der Waals surface area contributed by atoms with Crippen molar-refractivity contribution in [1.29, 1.82) is 0 Å². The third-order valence-electron chi connectivity index (χ3n) is 5.24. The summed E-state index contributed by atoms with van der Waals surface area (Å²) in [6.45, 7) is 3.04. The van der Waals surface area contributed by atoms with Crippen molar-refractivity contribution in [2.45, 2.75) is 38.5 Å². The fourth-order valence-corrected chi connectivity index (χ4v) is 3.75. The molecule has 0 spiro atoms. The van der Waals surface area contributed by atoms with Gasteiger partial charge in [-0.1, -0.05) is 18.2 Å². The summed E-state index contributed by atoms with van der Waals surface area (Å²) in [6, 6.07) is 9.69. The maximum absolute atomic E-state index is 12.6. The van der Waals surface area contributed by atoms with Crippen molar-refractivity contribution in [2.75, 3.05) is 19.7 Å². The van der Waals surface area contributed by atoms with Crippen LogP contribution in [0.15, 0.2) is 30.3 Å². The number of fused-ring (bicyclic) bond motifs is 1. The van der Waals surface area contributed by atoms with E-state index in [1.54, 1.807) is 0 Å². The number of amides is 2. The van der Waals surface area contributed by atoms with Crippen LogP contribution in [0.25, 0.3) is 0 Å². The van der Waals surface area contributed by atoms with Crippen LogP contribution >= 0.6 is 0 Å². The highest BCUT2D eigenvalue weighted by Gasteiger charge is 2.27. The highest BCUT2D eigenvalue weighted by molar-refractivity contribution is 5.74. The van der Waals surface area contributed by atoms with Gasteiger partial charge in [0.15, 0.2) is 0 Å². The van der Waals surface area contributed by atoms with Crippen LogP contribution in [0.3, 0.4) is 0 Å². The molecule has 1 atom stereocenters. The average Bonchev–Trinajstić information content (AvgIpc) is 3.33. The molecule has 2 aliphatic rings. The van der Waals surface area contributed by atoms with Crippen LogP contribution in [-0.4, -0.2) is 46.5 Å². The first-order valence-corrected chi connectivity index (χ1v) is 9.56. The molecular weight excluding hydrogens is 344 g/mol. The molecule has 7 heteroatoms. The molecule has 2 aromatic rings. The van der Waals surface area contributed by atoms with Crippen LogP contribution in [-0.2, 0) is 31.4 Å². The van der Waals surface area contributed by atoms with E-state index in [0.717, 1.165) is 42.9 Å². The fourth-order valence-electron chi connectivity index (χ4n) is 3.75. The molecule has 2 amide bonds. The largest absolute Gasteiger partial charge is 0.487 e. The predicted octanol–water partition coefficient (Wildman–Crippen LogP) is 2.25. The molecule has 1 fully saturated rings. The summed E-state index contributed by atoms with van der Waals surface area (Å²) in [6.07, 6.45) is 3.06. The van der Waals surface area contributed by atoms with Crippen molar-refractivity contribution in [3.8, 4) is 5.75 Å². The lowest BCUT2D eigenvalue weighted by molar-refractivity contribution is 0.108. The number of hydrogen-bond acceptors (Lipinski definition) is 4. The van der Waals surface area contributed by atoms with E-state index in [2.05, 4.69) is 10.4 Å². The van der Waals surface area contributed by atoms with Crippen LogP contribution in [0.2, 0.25) is 0 Å². The Morgan fingerprint density at radius 2 is 2.22 bits per heavy atom. The normalized spacial score (nSPS) is 19.0. The van der Waals surface area contributed by atoms with Gasteiger partial charge in [0.25, 0.3) is 0 Å². The molecule has 0 aliphatic carbocycles. The molecule has 3 heterocycles. The van der Waals surface area contributed by atoms with Crippen molar-refractivity contribution in [2.24, 2.45) is 7.05 Å². The number of benzene rings is 1. The van der Waals surface area contributed by atoms with Crippen LogP contribution in [0.4, 0.5) is 4.79 Å². The van der Waals surface area contributed by atoms with Crippen molar-refractivity contribution >= 4 is 6.03 Å².